The number of imide groups is 1. The number of thioether (sulfide) groups is 1. The predicted molar refractivity (Wildman–Crippen MR) is 85.4 cm³/mol. The van der Waals surface area contributed by atoms with Crippen LogP contribution in [0.25, 0.3) is 0 Å². The molecule has 0 aromatic heterocycles. The topological polar surface area (TPSA) is 66.5 Å². The Bertz CT molecular complexity index is 658. The molecule has 2 fully saturated rings. The molecule has 3 rings (SSSR count). The van der Waals surface area contributed by atoms with Crippen molar-refractivity contribution in [1.29, 1.82) is 0 Å². The molecule has 1 N–H and O–H groups in total. The molecule has 0 bridgehead atoms. The quantitative estimate of drug-likeness (QED) is 0.855. The first-order valence-electron chi connectivity index (χ1n) is 7.48. The molecule has 2 aliphatic rings. The Balaban J connectivity index is 1.56. The average molecular weight is 336 g/mol. The van der Waals surface area contributed by atoms with Crippen LogP contribution in [-0.4, -0.2) is 40.7 Å². The van der Waals surface area contributed by atoms with Gasteiger partial charge < -0.3 is 5.32 Å². The van der Waals surface area contributed by atoms with Gasteiger partial charge in [0.1, 0.15) is 5.82 Å². The first-order chi connectivity index (χ1) is 11.0. The van der Waals surface area contributed by atoms with E-state index in [4.69, 9.17) is 0 Å². The first kappa shape index (κ1) is 16.0. The Morgan fingerprint density at radius 2 is 2.22 bits per heavy atom. The van der Waals surface area contributed by atoms with Gasteiger partial charge in [-0.25, -0.2) is 4.39 Å². The second kappa shape index (κ2) is 6.31. The Labute approximate surface area is 137 Å². The van der Waals surface area contributed by atoms with Gasteiger partial charge in [-0.1, -0.05) is 6.07 Å². The van der Waals surface area contributed by atoms with Crippen molar-refractivity contribution in [3.8, 4) is 0 Å². The van der Waals surface area contributed by atoms with Crippen LogP contribution >= 0.6 is 11.8 Å². The minimum atomic E-state index is -0.541. The van der Waals surface area contributed by atoms with Gasteiger partial charge in [-0.3, -0.25) is 19.3 Å². The third-order valence-corrected chi connectivity index (χ3v) is 5.51. The number of likely N-dealkylation sites (tertiary alicyclic amines) is 1. The summed E-state index contributed by atoms with van der Waals surface area (Å²) in [5.41, 5.74) is -0.182. The summed E-state index contributed by atoms with van der Waals surface area (Å²) in [6, 6.07) is 5.59. The molecule has 2 heterocycles. The van der Waals surface area contributed by atoms with Crippen molar-refractivity contribution in [2.24, 2.45) is 5.41 Å². The largest absolute Gasteiger partial charge is 0.326 e. The minimum absolute atomic E-state index is 0.0111. The lowest BCUT2D eigenvalue weighted by Gasteiger charge is -2.20. The maximum Gasteiger partial charge on any atom is 0.236 e. The van der Waals surface area contributed by atoms with Gasteiger partial charge in [0.2, 0.25) is 17.7 Å². The monoisotopic (exact) mass is 336 g/mol. The van der Waals surface area contributed by atoms with E-state index in [9.17, 15) is 18.8 Å². The van der Waals surface area contributed by atoms with Gasteiger partial charge in [0, 0.05) is 30.8 Å². The van der Waals surface area contributed by atoms with Crippen LogP contribution in [0.2, 0.25) is 0 Å². The van der Waals surface area contributed by atoms with Gasteiger partial charge in [-0.15, -0.1) is 0 Å². The van der Waals surface area contributed by atoms with Gasteiger partial charge in [-0.2, -0.15) is 11.8 Å². The lowest BCUT2D eigenvalue weighted by molar-refractivity contribution is -0.141. The van der Waals surface area contributed by atoms with E-state index < -0.39 is 11.2 Å². The van der Waals surface area contributed by atoms with Crippen LogP contribution in [0.4, 0.5) is 10.1 Å². The number of nitrogens with one attached hydrogen (secondary N) is 1. The Morgan fingerprint density at radius 3 is 2.91 bits per heavy atom. The number of amides is 3. The zero-order valence-corrected chi connectivity index (χ0v) is 13.3. The molecule has 7 heteroatoms. The Kier molecular flexibility index (Phi) is 4.39. The van der Waals surface area contributed by atoms with Crippen molar-refractivity contribution in [3.63, 3.8) is 0 Å². The Hall–Kier alpha value is -1.89. The number of halogens is 1. The molecule has 2 aliphatic heterocycles. The van der Waals surface area contributed by atoms with Crippen molar-refractivity contribution in [1.82, 2.24) is 4.90 Å². The molecule has 1 aromatic carbocycles. The molecule has 3 amide bonds. The fourth-order valence-corrected chi connectivity index (χ4v) is 4.44. The zero-order chi connectivity index (χ0) is 16.4. The van der Waals surface area contributed by atoms with E-state index in [0.717, 1.165) is 12.2 Å². The molecule has 1 atom stereocenters. The second-order valence-corrected chi connectivity index (χ2v) is 7.02. The van der Waals surface area contributed by atoms with E-state index in [0.29, 0.717) is 11.4 Å². The maximum atomic E-state index is 13.1. The van der Waals surface area contributed by atoms with E-state index >= 15 is 0 Å². The van der Waals surface area contributed by atoms with Crippen molar-refractivity contribution in [2.45, 2.75) is 19.3 Å². The van der Waals surface area contributed by atoms with Gasteiger partial charge in [0.05, 0.1) is 5.41 Å². The van der Waals surface area contributed by atoms with E-state index in [1.807, 2.05) is 0 Å². The number of benzene rings is 1. The summed E-state index contributed by atoms with van der Waals surface area (Å²) >= 11 is 1.69. The predicted octanol–water partition coefficient (Wildman–Crippen LogP) is 2.04. The SMILES string of the molecule is O=C(CCN1C(=O)C[C@@]2(CCSC2)C1=O)Nc1cccc(F)c1. The number of rotatable bonds is 4. The van der Waals surface area contributed by atoms with Crippen LogP contribution < -0.4 is 5.32 Å². The summed E-state index contributed by atoms with van der Waals surface area (Å²) in [7, 11) is 0. The summed E-state index contributed by atoms with van der Waals surface area (Å²) in [6.45, 7) is 0.0746. The molecular formula is C16H17FN2O3S. The number of carbonyl (C=O) groups is 3. The van der Waals surface area contributed by atoms with Crippen LogP contribution in [0.3, 0.4) is 0 Å². The third-order valence-electron chi connectivity index (χ3n) is 4.26. The summed E-state index contributed by atoms with van der Waals surface area (Å²) in [5, 5.41) is 2.57. The first-order valence-corrected chi connectivity index (χ1v) is 8.64. The molecule has 0 radical (unpaired) electrons. The number of nitrogens with zero attached hydrogens (tertiary/aromatic N) is 1. The molecule has 122 valence electrons. The van der Waals surface area contributed by atoms with Crippen LogP contribution in [0.1, 0.15) is 19.3 Å². The molecule has 0 saturated carbocycles. The fraction of sp³-hybridized carbons (Fsp3) is 0.438. The molecule has 0 aliphatic carbocycles. The van der Waals surface area contributed by atoms with Gasteiger partial charge in [0.25, 0.3) is 0 Å². The smallest absolute Gasteiger partial charge is 0.236 e. The molecular weight excluding hydrogens is 319 g/mol. The van der Waals surface area contributed by atoms with Gasteiger partial charge >= 0.3 is 0 Å². The normalized spacial score (nSPS) is 23.8. The van der Waals surface area contributed by atoms with E-state index in [1.165, 1.54) is 23.1 Å². The van der Waals surface area contributed by atoms with Crippen molar-refractivity contribution < 1.29 is 18.8 Å². The molecule has 1 aromatic rings. The summed E-state index contributed by atoms with van der Waals surface area (Å²) < 4.78 is 13.1. The summed E-state index contributed by atoms with van der Waals surface area (Å²) in [4.78, 5) is 37.7. The van der Waals surface area contributed by atoms with Crippen molar-refractivity contribution in [2.75, 3.05) is 23.4 Å². The highest BCUT2D eigenvalue weighted by Gasteiger charge is 2.52. The standard InChI is InChI=1S/C16H17FN2O3S/c17-11-2-1-3-12(8-11)18-13(20)4-6-19-14(21)9-16(15(19)22)5-7-23-10-16/h1-3,8H,4-7,9-10H2,(H,18,20)/t16-/m1/s1. The number of hydrogen-bond acceptors (Lipinski definition) is 4. The fourth-order valence-electron chi connectivity index (χ4n) is 3.00. The van der Waals surface area contributed by atoms with E-state index in [2.05, 4.69) is 5.32 Å². The number of anilines is 1. The second-order valence-electron chi connectivity index (χ2n) is 5.92. The van der Waals surface area contributed by atoms with Crippen molar-refractivity contribution >= 4 is 35.2 Å². The summed E-state index contributed by atoms with van der Waals surface area (Å²) in [5.74, 6) is 0.449. The lowest BCUT2D eigenvalue weighted by Crippen LogP contribution is -2.37. The molecule has 0 unspecified atom stereocenters. The highest BCUT2D eigenvalue weighted by Crippen LogP contribution is 2.44. The highest BCUT2D eigenvalue weighted by molar-refractivity contribution is 7.99. The molecule has 5 nitrogen and oxygen atoms in total. The van der Waals surface area contributed by atoms with E-state index in [-0.39, 0.29) is 37.1 Å². The number of carbonyl (C=O) groups excluding carboxylic acids is 3. The Morgan fingerprint density at radius 1 is 1.39 bits per heavy atom. The van der Waals surface area contributed by atoms with Gasteiger partial charge in [0.15, 0.2) is 0 Å². The van der Waals surface area contributed by atoms with Crippen LogP contribution in [-0.2, 0) is 14.4 Å². The third kappa shape index (κ3) is 3.24. The van der Waals surface area contributed by atoms with Crippen LogP contribution in [0, 0.1) is 11.2 Å². The number of hydrogen-bond donors (Lipinski definition) is 1. The molecule has 23 heavy (non-hydrogen) atoms. The van der Waals surface area contributed by atoms with Crippen LogP contribution in [0.5, 0.6) is 0 Å². The van der Waals surface area contributed by atoms with E-state index in [1.54, 1.807) is 17.8 Å². The maximum absolute atomic E-state index is 13.1. The average Bonchev–Trinajstić information content (AvgIpc) is 3.04. The lowest BCUT2D eigenvalue weighted by atomic mass is 9.86. The molecule has 2 saturated heterocycles. The van der Waals surface area contributed by atoms with Crippen LogP contribution in [0.15, 0.2) is 24.3 Å². The highest BCUT2D eigenvalue weighted by atomic mass is 32.2. The zero-order valence-electron chi connectivity index (χ0n) is 12.5. The molecule has 1 spiro atoms. The minimum Gasteiger partial charge on any atom is -0.326 e. The van der Waals surface area contributed by atoms with Crippen molar-refractivity contribution in [3.05, 3.63) is 30.1 Å². The van der Waals surface area contributed by atoms with Gasteiger partial charge in [-0.05, 0) is 30.4 Å². The summed E-state index contributed by atoms with van der Waals surface area (Å²) in [6.07, 6.45) is 0.996.